The normalized spacial score (nSPS) is 16.5. The summed E-state index contributed by atoms with van der Waals surface area (Å²) in [7, 11) is 0. The summed E-state index contributed by atoms with van der Waals surface area (Å²) < 4.78 is 0. The number of benzene rings is 1. The maximum absolute atomic E-state index is 12.0. The molecule has 1 N–H and O–H groups in total. The van der Waals surface area contributed by atoms with Crippen LogP contribution in [0.2, 0.25) is 5.15 Å². The molecule has 0 bridgehead atoms. The first kappa shape index (κ1) is 20.6. The summed E-state index contributed by atoms with van der Waals surface area (Å²) in [6.07, 6.45) is 2.24. The molecule has 1 unspecified atom stereocenters. The van der Waals surface area contributed by atoms with Gasteiger partial charge in [0.05, 0.1) is 6.04 Å². The molecule has 1 heterocycles. The predicted molar refractivity (Wildman–Crippen MR) is 111 cm³/mol. The molecule has 0 saturated heterocycles. The molecule has 5 nitrogen and oxygen atoms in total. The SMILES string of the molecule is CC(C)N(C(=O)O)C(Cc1ccccc1)c1nc(Cl)c2c(n1)CCC(C)(C)C2. The van der Waals surface area contributed by atoms with E-state index >= 15 is 0 Å². The van der Waals surface area contributed by atoms with Gasteiger partial charge in [-0.05, 0) is 44.1 Å². The fourth-order valence-corrected chi connectivity index (χ4v) is 4.20. The number of fused-ring (bicyclic) bond motifs is 1. The predicted octanol–water partition coefficient (Wildman–Crippen LogP) is 5.32. The Morgan fingerprint density at radius 2 is 1.93 bits per heavy atom. The third-order valence-corrected chi connectivity index (χ3v) is 5.75. The van der Waals surface area contributed by atoms with Crippen molar-refractivity contribution in [1.82, 2.24) is 14.9 Å². The van der Waals surface area contributed by atoms with E-state index in [2.05, 4.69) is 18.8 Å². The second-order valence-electron chi connectivity index (χ2n) is 8.63. The highest BCUT2D eigenvalue weighted by Gasteiger charge is 2.33. The van der Waals surface area contributed by atoms with Crippen LogP contribution in [0.3, 0.4) is 0 Å². The molecule has 0 spiro atoms. The number of amides is 1. The van der Waals surface area contributed by atoms with Crippen molar-refractivity contribution in [2.45, 2.75) is 65.5 Å². The van der Waals surface area contributed by atoms with Crippen LogP contribution in [-0.4, -0.2) is 32.1 Å². The average Bonchev–Trinajstić information content (AvgIpc) is 2.61. The largest absolute Gasteiger partial charge is 0.465 e. The first-order chi connectivity index (χ1) is 13.2. The first-order valence-corrected chi connectivity index (χ1v) is 10.2. The number of nitrogens with zero attached hydrogens (tertiary/aromatic N) is 3. The summed E-state index contributed by atoms with van der Waals surface area (Å²) in [6.45, 7) is 8.19. The summed E-state index contributed by atoms with van der Waals surface area (Å²) in [6, 6.07) is 9.15. The molecule has 3 rings (SSSR count). The number of aryl methyl sites for hydroxylation is 1. The molecule has 1 aromatic heterocycles. The van der Waals surface area contributed by atoms with Crippen molar-refractivity contribution in [3.05, 3.63) is 58.1 Å². The van der Waals surface area contributed by atoms with Crippen LogP contribution >= 0.6 is 11.6 Å². The van der Waals surface area contributed by atoms with Gasteiger partial charge >= 0.3 is 6.09 Å². The zero-order valence-corrected chi connectivity index (χ0v) is 17.7. The van der Waals surface area contributed by atoms with Crippen LogP contribution in [0.25, 0.3) is 0 Å². The van der Waals surface area contributed by atoms with E-state index in [0.717, 1.165) is 36.1 Å². The molecule has 0 fully saturated rings. The number of halogens is 1. The Balaban J connectivity index is 2.05. The van der Waals surface area contributed by atoms with E-state index < -0.39 is 12.1 Å². The van der Waals surface area contributed by atoms with Gasteiger partial charge in [-0.1, -0.05) is 55.8 Å². The lowest BCUT2D eigenvalue weighted by Gasteiger charge is -2.34. The van der Waals surface area contributed by atoms with E-state index in [1.165, 1.54) is 4.90 Å². The summed E-state index contributed by atoms with van der Waals surface area (Å²) in [5.41, 5.74) is 3.18. The van der Waals surface area contributed by atoms with Crippen molar-refractivity contribution in [1.29, 1.82) is 0 Å². The quantitative estimate of drug-likeness (QED) is 0.688. The molecular formula is C22H28ClN3O2. The zero-order valence-electron chi connectivity index (χ0n) is 16.9. The lowest BCUT2D eigenvalue weighted by Crippen LogP contribution is -2.41. The van der Waals surface area contributed by atoms with Crippen molar-refractivity contribution in [2.24, 2.45) is 5.41 Å². The van der Waals surface area contributed by atoms with E-state index in [9.17, 15) is 9.90 Å². The number of aromatic nitrogens is 2. The number of carbonyl (C=O) groups is 1. The summed E-state index contributed by atoms with van der Waals surface area (Å²) >= 11 is 6.57. The molecule has 1 atom stereocenters. The second kappa shape index (κ2) is 8.08. The number of carboxylic acid groups (broad SMARTS) is 1. The minimum atomic E-state index is -0.977. The van der Waals surface area contributed by atoms with Gasteiger partial charge < -0.3 is 5.11 Å². The maximum atomic E-state index is 12.0. The van der Waals surface area contributed by atoms with Gasteiger partial charge in [0, 0.05) is 23.7 Å². The highest BCUT2D eigenvalue weighted by atomic mass is 35.5. The van der Waals surface area contributed by atoms with Gasteiger partial charge in [0.15, 0.2) is 5.82 Å². The molecule has 150 valence electrons. The molecular weight excluding hydrogens is 374 g/mol. The van der Waals surface area contributed by atoms with E-state index in [0.29, 0.717) is 17.4 Å². The minimum Gasteiger partial charge on any atom is -0.465 e. The van der Waals surface area contributed by atoms with Crippen LogP contribution in [0.1, 0.15) is 62.8 Å². The van der Waals surface area contributed by atoms with E-state index in [1.807, 2.05) is 44.2 Å². The molecule has 0 radical (unpaired) electrons. The molecule has 1 amide bonds. The smallest absolute Gasteiger partial charge is 0.408 e. The Morgan fingerprint density at radius 1 is 1.25 bits per heavy atom. The fourth-order valence-electron chi connectivity index (χ4n) is 3.94. The van der Waals surface area contributed by atoms with Crippen molar-refractivity contribution >= 4 is 17.7 Å². The first-order valence-electron chi connectivity index (χ1n) is 9.78. The molecule has 6 heteroatoms. The van der Waals surface area contributed by atoms with Crippen LogP contribution in [0.15, 0.2) is 30.3 Å². The Labute approximate surface area is 171 Å². The zero-order chi connectivity index (χ0) is 20.5. The Kier molecular flexibility index (Phi) is 5.94. The summed E-state index contributed by atoms with van der Waals surface area (Å²) in [4.78, 5) is 22.9. The van der Waals surface area contributed by atoms with Gasteiger partial charge in [-0.3, -0.25) is 4.90 Å². The lowest BCUT2D eigenvalue weighted by atomic mass is 9.76. The van der Waals surface area contributed by atoms with Gasteiger partial charge in [0.1, 0.15) is 5.15 Å². The van der Waals surface area contributed by atoms with Crippen molar-refractivity contribution in [3.8, 4) is 0 Å². The number of hydrogen-bond donors (Lipinski definition) is 1. The Hall–Kier alpha value is -2.14. The topological polar surface area (TPSA) is 66.3 Å². The minimum absolute atomic E-state index is 0.177. The molecule has 2 aromatic rings. The van der Waals surface area contributed by atoms with Gasteiger partial charge in [-0.15, -0.1) is 0 Å². The maximum Gasteiger partial charge on any atom is 0.408 e. The standard InChI is InChI=1S/C22H28ClN3O2/c1-14(2)26(21(27)28)18(12-15-8-6-5-7-9-15)20-24-17-10-11-22(3,4)13-16(17)19(23)25-20/h5-9,14,18H,10-13H2,1-4H3,(H,27,28). The highest BCUT2D eigenvalue weighted by molar-refractivity contribution is 6.30. The average molecular weight is 402 g/mol. The monoisotopic (exact) mass is 401 g/mol. The number of hydrogen-bond acceptors (Lipinski definition) is 3. The van der Waals surface area contributed by atoms with Crippen LogP contribution in [0.4, 0.5) is 4.79 Å². The van der Waals surface area contributed by atoms with Crippen molar-refractivity contribution in [3.63, 3.8) is 0 Å². The Bertz CT molecular complexity index is 852. The molecule has 0 saturated carbocycles. The molecule has 1 aliphatic rings. The van der Waals surface area contributed by atoms with Crippen LogP contribution < -0.4 is 0 Å². The second-order valence-corrected chi connectivity index (χ2v) is 8.99. The van der Waals surface area contributed by atoms with E-state index in [1.54, 1.807) is 0 Å². The fraction of sp³-hybridized carbons (Fsp3) is 0.500. The number of rotatable bonds is 5. The van der Waals surface area contributed by atoms with Gasteiger partial charge in [0.25, 0.3) is 0 Å². The van der Waals surface area contributed by atoms with Crippen LogP contribution in [0.5, 0.6) is 0 Å². The van der Waals surface area contributed by atoms with Gasteiger partial charge in [0.2, 0.25) is 0 Å². The molecule has 0 aliphatic heterocycles. The van der Waals surface area contributed by atoms with E-state index in [-0.39, 0.29) is 11.5 Å². The molecule has 1 aliphatic carbocycles. The van der Waals surface area contributed by atoms with E-state index in [4.69, 9.17) is 16.6 Å². The molecule has 1 aromatic carbocycles. The lowest BCUT2D eigenvalue weighted by molar-refractivity contribution is 0.103. The van der Waals surface area contributed by atoms with Gasteiger partial charge in [-0.2, -0.15) is 0 Å². The van der Waals surface area contributed by atoms with Crippen molar-refractivity contribution < 1.29 is 9.90 Å². The van der Waals surface area contributed by atoms with Gasteiger partial charge in [-0.25, -0.2) is 14.8 Å². The summed E-state index contributed by atoms with van der Waals surface area (Å²) in [5.74, 6) is 0.489. The third-order valence-electron chi connectivity index (χ3n) is 5.44. The summed E-state index contributed by atoms with van der Waals surface area (Å²) in [5, 5.41) is 10.3. The van der Waals surface area contributed by atoms with Crippen molar-refractivity contribution in [2.75, 3.05) is 0 Å². The Morgan fingerprint density at radius 3 is 2.54 bits per heavy atom. The molecule has 28 heavy (non-hydrogen) atoms. The van der Waals surface area contributed by atoms with Crippen LogP contribution in [-0.2, 0) is 19.3 Å². The highest BCUT2D eigenvalue weighted by Crippen LogP contribution is 2.37. The third kappa shape index (κ3) is 4.46. The van der Waals surface area contributed by atoms with Crippen LogP contribution in [0, 0.1) is 5.41 Å².